The first kappa shape index (κ1) is 21.5. The van der Waals surface area contributed by atoms with Crippen LogP contribution >= 0.6 is 0 Å². The van der Waals surface area contributed by atoms with Crippen LogP contribution in [0.4, 0.5) is 11.4 Å². The first-order valence-corrected chi connectivity index (χ1v) is 13.2. The molecular formula is C27H37N3O3. The molecule has 7 rings (SSSR count). The highest BCUT2D eigenvalue weighted by molar-refractivity contribution is 6.03. The number of hydrogen-bond acceptors (Lipinski definition) is 4. The van der Waals surface area contributed by atoms with Crippen molar-refractivity contribution in [2.45, 2.75) is 70.3 Å². The molecule has 6 nitrogen and oxygen atoms in total. The molecule has 178 valence electrons. The quantitative estimate of drug-likeness (QED) is 0.675. The van der Waals surface area contributed by atoms with Gasteiger partial charge < -0.3 is 20.3 Å². The zero-order valence-electron chi connectivity index (χ0n) is 19.6. The van der Waals surface area contributed by atoms with Crippen molar-refractivity contribution in [3.8, 4) is 0 Å². The van der Waals surface area contributed by atoms with Gasteiger partial charge in [-0.3, -0.25) is 9.59 Å². The van der Waals surface area contributed by atoms with Gasteiger partial charge in [0.05, 0.1) is 17.1 Å². The molecule has 2 amide bonds. The van der Waals surface area contributed by atoms with E-state index in [1.807, 2.05) is 18.2 Å². The number of nitrogens with one attached hydrogen (secondary N) is 2. The standard InChI is InChI=1S/C27H37N3O3/c31-25(28-17-22-4-3-9-33-22)23-13-21(5-6-24(23)30-7-1-2-8-30)29-26(32)27-14-18-10-19(15-27)12-20(11-18)16-27/h5-6,13,18-20,22H,1-4,7-12,14-17H2,(H,28,31)(H,29,32). The second kappa shape index (κ2) is 8.61. The molecule has 6 fully saturated rings. The van der Waals surface area contributed by atoms with E-state index in [1.165, 1.54) is 19.3 Å². The minimum atomic E-state index is -0.190. The third-order valence-electron chi connectivity index (χ3n) is 8.98. The van der Waals surface area contributed by atoms with E-state index in [2.05, 4.69) is 15.5 Å². The number of rotatable bonds is 6. The summed E-state index contributed by atoms with van der Waals surface area (Å²) in [4.78, 5) is 29.1. The molecule has 2 N–H and O–H groups in total. The largest absolute Gasteiger partial charge is 0.376 e. The molecule has 2 aliphatic heterocycles. The summed E-state index contributed by atoms with van der Waals surface area (Å²) >= 11 is 0. The van der Waals surface area contributed by atoms with Crippen molar-refractivity contribution < 1.29 is 14.3 Å². The van der Waals surface area contributed by atoms with Gasteiger partial charge in [-0.05, 0) is 100 Å². The lowest BCUT2D eigenvalue weighted by Gasteiger charge is -2.55. The molecule has 1 aromatic carbocycles. The highest BCUT2D eigenvalue weighted by atomic mass is 16.5. The zero-order valence-corrected chi connectivity index (χ0v) is 19.6. The number of anilines is 2. The maximum Gasteiger partial charge on any atom is 0.253 e. The molecule has 4 saturated carbocycles. The molecule has 4 bridgehead atoms. The molecule has 0 spiro atoms. The summed E-state index contributed by atoms with van der Waals surface area (Å²) < 4.78 is 5.68. The van der Waals surface area contributed by atoms with Crippen LogP contribution in [0.5, 0.6) is 0 Å². The number of amides is 2. The Bertz CT molecular complexity index is 882. The van der Waals surface area contributed by atoms with Gasteiger partial charge in [0.15, 0.2) is 0 Å². The molecule has 6 heteroatoms. The summed E-state index contributed by atoms with van der Waals surface area (Å²) in [7, 11) is 0. The van der Waals surface area contributed by atoms with Crippen LogP contribution in [0.2, 0.25) is 0 Å². The van der Waals surface area contributed by atoms with Crippen LogP contribution in [0.3, 0.4) is 0 Å². The summed E-state index contributed by atoms with van der Waals surface area (Å²) in [6.07, 6.45) is 11.6. The van der Waals surface area contributed by atoms with E-state index in [0.717, 1.165) is 93.8 Å². The fourth-order valence-corrected chi connectivity index (χ4v) is 7.79. The molecule has 6 aliphatic rings. The molecule has 1 aromatic rings. The van der Waals surface area contributed by atoms with Gasteiger partial charge in [-0.2, -0.15) is 0 Å². The molecule has 0 aromatic heterocycles. The van der Waals surface area contributed by atoms with Crippen LogP contribution in [0.15, 0.2) is 18.2 Å². The van der Waals surface area contributed by atoms with E-state index >= 15 is 0 Å². The van der Waals surface area contributed by atoms with Gasteiger partial charge in [0.2, 0.25) is 5.91 Å². The van der Waals surface area contributed by atoms with Crippen LogP contribution in [-0.2, 0) is 9.53 Å². The highest BCUT2D eigenvalue weighted by Crippen LogP contribution is 2.60. The lowest BCUT2D eigenvalue weighted by atomic mass is 9.49. The molecule has 1 unspecified atom stereocenters. The Kier molecular flexibility index (Phi) is 5.60. The van der Waals surface area contributed by atoms with E-state index < -0.39 is 0 Å². The molecule has 0 radical (unpaired) electrons. The van der Waals surface area contributed by atoms with E-state index in [4.69, 9.17) is 4.74 Å². The number of hydrogen-bond donors (Lipinski definition) is 2. The Balaban J connectivity index is 1.21. The van der Waals surface area contributed by atoms with Crippen molar-refractivity contribution in [3.63, 3.8) is 0 Å². The van der Waals surface area contributed by atoms with Crippen LogP contribution in [-0.4, -0.2) is 44.2 Å². The van der Waals surface area contributed by atoms with Gasteiger partial charge in [-0.1, -0.05) is 0 Å². The van der Waals surface area contributed by atoms with E-state index in [-0.39, 0.29) is 23.3 Å². The smallest absolute Gasteiger partial charge is 0.253 e. The van der Waals surface area contributed by atoms with Gasteiger partial charge in [-0.25, -0.2) is 0 Å². The monoisotopic (exact) mass is 451 g/mol. The molecule has 2 heterocycles. The average Bonchev–Trinajstić information content (AvgIpc) is 3.51. The third-order valence-corrected chi connectivity index (χ3v) is 8.98. The van der Waals surface area contributed by atoms with E-state index in [1.54, 1.807) is 0 Å². The Morgan fingerprint density at radius 2 is 1.70 bits per heavy atom. The Hall–Kier alpha value is -2.08. The molecule has 33 heavy (non-hydrogen) atoms. The van der Waals surface area contributed by atoms with E-state index in [0.29, 0.717) is 12.1 Å². The van der Waals surface area contributed by atoms with Gasteiger partial charge in [0.25, 0.3) is 5.91 Å². The van der Waals surface area contributed by atoms with Crippen molar-refractivity contribution in [1.82, 2.24) is 5.32 Å². The Morgan fingerprint density at radius 1 is 1.00 bits per heavy atom. The van der Waals surface area contributed by atoms with Crippen LogP contribution in [0.25, 0.3) is 0 Å². The van der Waals surface area contributed by atoms with Crippen molar-refractivity contribution in [2.75, 3.05) is 36.5 Å². The average molecular weight is 452 g/mol. The predicted molar refractivity (Wildman–Crippen MR) is 128 cm³/mol. The van der Waals surface area contributed by atoms with Gasteiger partial charge in [-0.15, -0.1) is 0 Å². The van der Waals surface area contributed by atoms with Crippen LogP contribution < -0.4 is 15.5 Å². The maximum atomic E-state index is 13.5. The van der Waals surface area contributed by atoms with Gasteiger partial charge >= 0.3 is 0 Å². The fourth-order valence-electron chi connectivity index (χ4n) is 7.79. The second-order valence-electron chi connectivity index (χ2n) is 11.4. The number of carbonyl (C=O) groups excluding carboxylic acids is 2. The SMILES string of the molecule is O=C(NCC1CCCO1)c1cc(NC(=O)C23CC4CC(CC(C4)C2)C3)ccc1N1CCCC1. The maximum absolute atomic E-state index is 13.5. The van der Waals surface area contributed by atoms with Gasteiger partial charge in [0.1, 0.15) is 0 Å². The van der Waals surface area contributed by atoms with Crippen molar-refractivity contribution in [3.05, 3.63) is 23.8 Å². The summed E-state index contributed by atoms with van der Waals surface area (Å²) in [6, 6.07) is 5.92. The summed E-state index contributed by atoms with van der Waals surface area (Å²) in [5.41, 5.74) is 2.20. The lowest BCUT2D eigenvalue weighted by Crippen LogP contribution is -2.51. The lowest BCUT2D eigenvalue weighted by molar-refractivity contribution is -0.140. The minimum Gasteiger partial charge on any atom is -0.376 e. The summed E-state index contributed by atoms with van der Waals surface area (Å²) in [5.74, 6) is 2.32. The number of ether oxygens (including phenoxy) is 1. The Labute approximate surface area is 196 Å². The minimum absolute atomic E-state index is 0.0710. The van der Waals surface area contributed by atoms with Crippen LogP contribution in [0.1, 0.15) is 74.6 Å². The molecule has 4 aliphatic carbocycles. The topological polar surface area (TPSA) is 70.7 Å². The fraction of sp³-hybridized carbons (Fsp3) is 0.704. The molecule has 1 atom stereocenters. The summed E-state index contributed by atoms with van der Waals surface area (Å²) in [5, 5.41) is 6.34. The highest BCUT2D eigenvalue weighted by Gasteiger charge is 2.54. The molecular weight excluding hydrogens is 414 g/mol. The zero-order chi connectivity index (χ0) is 22.4. The van der Waals surface area contributed by atoms with Crippen molar-refractivity contribution >= 4 is 23.2 Å². The third kappa shape index (κ3) is 4.16. The predicted octanol–water partition coefficient (Wildman–Crippen LogP) is 4.35. The van der Waals surface area contributed by atoms with Crippen molar-refractivity contribution in [1.29, 1.82) is 0 Å². The Morgan fingerprint density at radius 3 is 2.33 bits per heavy atom. The van der Waals surface area contributed by atoms with E-state index in [9.17, 15) is 9.59 Å². The molecule has 2 saturated heterocycles. The first-order chi connectivity index (χ1) is 16.1. The number of carbonyl (C=O) groups is 2. The summed E-state index contributed by atoms with van der Waals surface area (Å²) in [6.45, 7) is 3.28. The van der Waals surface area contributed by atoms with Crippen molar-refractivity contribution in [2.24, 2.45) is 23.2 Å². The first-order valence-electron chi connectivity index (χ1n) is 13.2. The van der Waals surface area contributed by atoms with Crippen LogP contribution in [0, 0.1) is 23.2 Å². The second-order valence-corrected chi connectivity index (χ2v) is 11.4. The normalized spacial score (nSPS) is 34.6. The number of nitrogens with zero attached hydrogens (tertiary/aromatic N) is 1. The van der Waals surface area contributed by atoms with Gasteiger partial charge in [0, 0.05) is 37.6 Å². The number of benzene rings is 1.